The van der Waals surface area contributed by atoms with E-state index in [-0.39, 0.29) is 19.3 Å². The molecule has 7 heteroatoms. The second-order valence-corrected chi connectivity index (χ2v) is 3.72. The Bertz CT molecular complexity index is 343. The molecule has 0 amide bonds. The number of carbonyl (C=O) groups is 3. The van der Waals surface area contributed by atoms with Gasteiger partial charge >= 0.3 is 17.9 Å². The van der Waals surface area contributed by atoms with Crippen molar-refractivity contribution in [1.29, 1.82) is 0 Å². The van der Waals surface area contributed by atoms with Gasteiger partial charge in [0.25, 0.3) is 0 Å². The van der Waals surface area contributed by atoms with Gasteiger partial charge in [0.15, 0.2) is 5.79 Å². The summed E-state index contributed by atoms with van der Waals surface area (Å²) >= 11 is 0. The summed E-state index contributed by atoms with van der Waals surface area (Å²) in [5.74, 6) is -4.87. The lowest BCUT2D eigenvalue weighted by atomic mass is 10.1. The number of carboxylic acid groups (broad SMARTS) is 1. The van der Waals surface area contributed by atoms with Crippen molar-refractivity contribution in [2.45, 2.75) is 38.4 Å². The fraction of sp³-hybridized carbons (Fsp3) is 0.545. The predicted molar refractivity (Wildman–Crippen MR) is 59.2 cm³/mol. The number of aliphatic hydroxyl groups is 2. The Balaban J connectivity index is 3.86. The first kappa shape index (κ1) is 16.3. The number of ether oxygens (including phenoxy) is 1. The summed E-state index contributed by atoms with van der Waals surface area (Å²) < 4.78 is 4.27. The van der Waals surface area contributed by atoms with E-state index in [0.717, 1.165) is 13.0 Å². The number of unbranched alkanes of at least 4 members (excludes halogenated alkanes) is 1. The van der Waals surface area contributed by atoms with Gasteiger partial charge in [-0.25, -0.2) is 4.79 Å². The lowest BCUT2D eigenvalue weighted by Crippen LogP contribution is -2.25. The van der Waals surface area contributed by atoms with Crippen molar-refractivity contribution in [2.24, 2.45) is 0 Å². The van der Waals surface area contributed by atoms with Crippen LogP contribution in [0.1, 0.15) is 32.6 Å². The van der Waals surface area contributed by atoms with Gasteiger partial charge in [-0.3, -0.25) is 9.59 Å². The maximum absolute atomic E-state index is 10.9. The fourth-order valence-electron chi connectivity index (χ4n) is 1.15. The number of esters is 2. The normalized spacial score (nSPS) is 11.5. The van der Waals surface area contributed by atoms with E-state index in [1.807, 2.05) is 0 Å². The molecule has 0 aromatic rings. The molecule has 0 bridgehead atoms. The Morgan fingerprint density at radius 1 is 1.22 bits per heavy atom. The van der Waals surface area contributed by atoms with Gasteiger partial charge in [0.05, 0.1) is 0 Å². The molecule has 7 nitrogen and oxygen atoms in total. The number of carboxylic acids is 1. The second kappa shape index (κ2) is 7.57. The number of rotatable bonds is 7. The van der Waals surface area contributed by atoms with E-state index in [2.05, 4.69) is 4.74 Å². The first-order chi connectivity index (χ1) is 8.23. The zero-order valence-corrected chi connectivity index (χ0v) is 9.96. The molecule has 0 saturated heterocycles. The highest BCUT2D eigenvalue weighted by molar-refractivity contribution is 5.83. The Kier molecular flexibility index (Phi) is 6.84. The summed E-state index contributed by atoms with van der Waals surface area (Å²) in [6.07, 6.45) is 1.82. The van der Waals surface area contributed by atoms with Crippen LogP contribution >= 0.6 is 0 Å². The molecule has 0 atom stereocenters. The third-order valence-corrected chi connectivity index (χ3v) is 1.93. The molecular weight excluding hydrogens is 244 g/mol. The van der Waals surface area contributed by atoms with Crippen LogP contribution in [0.2, 0.25) is 0 Å². The molecule has 0 unspecified atom stereocenters. The molecular formula is C11H16O7. The monoisotopic (exact) mass is 260 g/mol. The van der Waals surface area contributed by atoms with E-state index in [1.165, 1.54) is 0 Å². The zero-order valence-electron chi connectivity index (χ0n) is 9.96. The molecule has 0 fully saturated rings. The lowest BCUT2D eigenvalue weighted by Gasteiger charge is -2.16. The van der Waals surface area contributed by atoms with E-state index < -0.39 is 23.7 Å². The molecule has 0 spiro atoms. The predicted octanol–water partition coefficient (Wildman–Crippen LogP) is -0.0418. The second-order valence-electron chi connectivity index (χ2n) is 3.72. The number of hydrogen-bond acceptors (Lipinski definition) is 6. The molecule has 0 aliphatic rings. The molecule has 0 aliphatic carbocycles. The maximum atomic E-state index is 10.9. The van der Waals surface area contributed by atoms with Crippen molar-refractivity contribution < 1.29 is 34.4 Å². The smallest absolute Gasteiger partial charge is 0.328 e. The minimum atomic E-state index is -2.22. The lowest BCUT2D eigenvalue weighted by molar-refractivity contribution is -0.158. The number of hydrogen-bond donors (Lipinski definition) is 3. The molecule has 0 heterocycles. The summed E-state index contributed by atoms with van der Waals surface area (Å²) in [5.41, 5.74) is 0. The zero-order chi connectivity index (χ0) is 14.2. The van der Waals surface area contributed by atoms with Gasteiger partial charge in [-0.15, -0.1) is 0 Å². The van der Waals surface area contributed by atoms with Crippen molar-refractivity contribution in [2.75, 3.05) is 0 Å². The van der Waals surface area contributed by atoms with Crippen LogP contribution in [-0.4, -0.2) is 39.0 Å². The van der Waals surface area contributed by atoms with Gasteiger partial charge in [-0.05, 0) is 18.9 Å². The highest BCUT2D eigenvalue weighted by Crippen LogP contribution is 2.13. The van der Waals surface area contributed by atoms with Gasteiger partial charge in [0, 0.05) is 25.8 Å². The minimum absolute atomic E-state index is 0.0156. The fourth-order valence-corrected chi connectivity index (χ4v) is 1.15. The summed E-state index contributed by atoms with van der Waals surface area (Å²) in [5, 5.41) is 26.9. The van der Waals surface area contributed by atoms with Crippen LogP contribution in [0.5, 0.6) is 0 Å². The van der Waals surface area contributed by atoms with Gasteiger partial charge in [-0.2, -0.15) is 0 Å². The van der Waals surface area contributed by atoms with Crippen LogP contribution in [0, 0.1) is 0 Å². The average Bonchev–Trinajstić information content (AvgIpc) is 2.21. The van der Waals surface area contributed by atoms with Crippen LogP contribution in [0.25, 0.3) is 0 Å². The van der Waals surface area contributed by atoms with Crippen molar-refractivity contribution in [3.63, 3.8) is 0 Å². The van der Waals surface area contributed by atoms with E-state index in [9.17, 15) is 24.6 Å². The van der Waals surface area contributed by atoms with E-state index in [4.69, 9.17) is 5.11 Å². The van der Waals surface area contributed by atoms with Crippen molar-refractivity contribution in [3.05, 3.63) is 12.2 Å². The highest BCUT2D eigenvalue weighted by atomic mass is 16.6. The molecule has 0 saturated carbocycles. The summed E-state index contributed by atoms with van der Waals surface area (Å²) in [4.78, 5) is 31.5. The molecule has 0 aromatic heterocycles. The maximum Gasteiger partial charge on any atom is 0.328 e. The van der Waals surface area contributed by atoms with Crippen LogP contribution in [0.3, 0.4) is 0 Å². The number of aliphatic carboxylic acids is 1. The van der Waals surface area contributed by atoms with Crippen LogP contribution < -0.4 is 0 Å². The molecule has 0 aromatic carbocycles. The van der Waals surface area contributed by atoms with E-state index in [0.29, 0.717) is 12.5 Å². The van der Waals surface area contributed by atoms with E-state index >= 15 is 0 Å². The Hall–Kier alpha value is -1.73. The van der Waals surface area contributed by atoms with Crippen LogP contribution in [-0.2, 0) is 19.1 Å². The summed E-state index contributed by atoms with van der Waals surface area (Å²) in [6.45, 7) is 1.11. The van der Waals surface area contributed by atoms with Gasteiger partial charge in [-0.1, -0.05) is 0 Å². The first-order valence-electron chi connectivity index (χ1n) is 5.31. The van der Waals surface area contributed by atoms with Gasteiger partial charge in [0.2, 0.25) is 0 Å². The third kappa shape index (κ3) is 9.49. The van der Waals surface area contributed by atoms with Crippen molar-refractivity contribution >= 4 is 17.9 Å². The van der Waals surface area contributed by atoms with Crippen LogP contribution in [0.15, 0.2) is 12.2 Å². The summed E-state index contributed by atoms with van der Waals surface area (Å²) in [6, 6.07) is 0. The Labute approximate surface area is 104 Å². The molecule has 3 N–H and O–H groups in total. The quantitative estimate of drug-likeness (QED) is 0.193. The highest BCUT2D eigenvalue weighted by Gasteiger charge is 2.19. The first-order valence-corrected chi connectivity index (χ1v) is 5.31. The molecule has 18 heavy (non-hydrogen) atoms. The minimum Gasteiger partial charge on any atom is -0.478 e. The van der Waals surface area contributed by atoms with Crippen LogP contribution in [0.4, 0.5) is 0 Å². The topological polar surface area (TPSA) is 121 Å². The Morgan fingerprint density at radius 3 is 2.33 bits per heavy atom. The molecule has 0 radical (unpaired) electrons. The molecule has 102 valence electrons. The van der Waals surface area contributed by atoms with Crippen molar-refractivity contribution in [3.8, 4) is 0 Å². The Morgan fingerprint density at radius 2 is 1.83 bits per heavy atom. The standard InChI is InChI=1S/C11H16O7/c1-8(12)18-10(15)4-2-3-6-11(16,17)7-5-9(13)14/h5,7,16-17H,2-4,6H2,1H3,(H,13,14). The third-order valence-electron chi connectivity index (χ3n) is 1.93. The summed E-state index contributed by atoms with van der Waals surface area (Å²) in [7, 11) is 0. The largest absolute Gasteiger partial charge is 0.478 e. The van der Waals surface area contributed by atoms with E-state index in [1.54, 1.807) is 0 Å². The average molecular weight is 260 g/mol. The van der Waals surface area contributed by atoms with Gasteiger partial charge < -0.3 is 20.1 Å². The number of carbonyl (C=O) groups excluding carboxylic acids is 2. The van der Waals surface area contributed by atoms with Crippen molar-refractivity contribution in [1.82, 2.24) is 0 Å². The molecule has 0 rings (SSSR count). The van der Waals surface area contributed by atoms with Gasteiger partial charge in [0.1, 0.15) is 0 Å². The molecule has 0 aliphatic heterocycles. The SMILES string of the molecule is CC(=O)OC(=O)CCCCC(O)(O)C=CC(=O)O.